The fourth-order valence-corrected chi connectivity index (χ4v) is 4.29. The molecule has 0 N–H and O–H groups in total. The molecule has 1 heterocycles. The zero-order valence-electron chi connectivity index (χ0n) is 18.3. The van der Waals surface area contributed by atoms with E-state index in [0.717, 1.165) is 36.3 Å². The van der Waals surface area contributed by atoms with Crippen molar-refractivity contribution >= 4 is 22.6 Å². The number of benzene rings is 1. The van der Waals surface area contributed by atoms with Crippen LogP contribution in [-0.4, -0.2) is 16.3 Å². The Morgan fingerprint density at radius 3 is 2.62 bits per heavy atom. The summed E-state index contributed by atoms with van der Waals surface area (Å²) in [5.41, 5.74) is 1.53. The van der Waals surface area contributed by atoms with Gasteiger partial charge in [0.15, 0.2) is 0 Å². The summed E-state index contributed by atoms with van der Waals surface area (Å²) in [6.45, 7) is 12.8. The fourth-order valence-electron chi connectivity index (χ4n) is 3.57. The lowest BCUT2D eigenvalue weighted by atomic mass is 9.92. The van der Waals surface area contributed by atoms with Crippen LogP contribution < -0.4 is 0 Å². The van der Waals surface area contributed by atoms with Crippen LogP contribution in [0.2, 0.25) is 0 Å². The van der Waals surface area contributed by atoms with Gasteiger partial charge in [0.1, 0.15) is 11.9 Å². The molecule has 0 aliphatic carbocycles. The van der Waals surface area contributed by atoms with E-state index in [1.54, 1.807) is 11.1 Å². The Balaban J connectivity index is 2.14. The smallest absolute Gasteiger partial charge is 0.274 e. The zero-order chi connectivity index (χ0) is 21.2. The van der Waals surface area contributed by atoms with Crippen molar-refractivity contribution in [3.8, 4) is 0 Å². The van der Waals surface area contributed by atoms with Gasteiger partial charge in [-0.3, -0.25) is 0 Å². The van der Waals surface area contributed by atoms with Crippen LogP contribution in [0.15, 0.2) is 47.2 Å². The maximum atomic E-state index is 14.3. The number of nitrogens with zero attached hydrogens (tertiary/aromatic N) is 2. The van der Waals surface area contributed by atoms with E-state index in [-0.39, 0.29) is 11.9 Å². The Morgan fingerprint density at radius 1 is 1.21 bits per heavy atom. The van der Waals surface area contributed by atoms with Gasteiger partial charge in [-0.05, 0) is 55.5 Å². The van der Waals surface area contributed by atoms with Crippen molar-refractivity contribution in [3.63, 3.8) is 0 Å². The van der Waals surface area contributed by atoms with E-state index in [9.17, 15) is 4.39 Å². The van der Waals surface area contributed by atoms with Crippen LogP contribution in [0.25, 0.3) is 5.57 Å². The second-order valence-electron chi connectivity index (χ2n) is 7.60. The number of rotatable bonds is 11. The molecule has 0 saturated heterocycles. The van der Waals surface area contributed by atoms with Crippen LogP contribution in [0.3, 0.4) is 0 Å². The number of hydrogen-bond donors (Lipinski definition) is 0. The summed E-state index contributed by atoms with van der Waals surface area (Å²) in [5, 5.41) is 7.73. The standard InChI is InChI=1S/C24H35FN2OS/c1-6-9-14-20(12-7-2)18(4)28-24-26-27(19(5)29-24)17-21(13-8-3)22-15-10-11-16-23(22)25/h10-11,15-18,20H,5-9,12-14H2,1-4H3/b21-17+. The first-order chi connectivity index (χ1) is 14.0. The van der Waals surface area contributed by atoms with E-state index in [1.807, 2.05) is 18.3 Å². The average Bonchev–Trinajstić information content (AvgIpc) is 3.04. The molecule has 0 fully saturated rings. The molecule has 160 valence electrons. The molecule has 2 unspecified atom stereocenters. The van der Waals surface area contributed by atoms with Crippen molar-refractivity contribution in [1.29, 1.82) is 0 Å². The van der Waals surface area contributed by atoms with Crippen LogP contribution in [-0.2, 0) is 4.74 Å². The van der Waals surface area contributed by atoms with Gasteiger partial charge in [0, 0.05) is 11.8 Å². The number of halogens is 1. The summed E-state index contributed by atoms with van der Waals surface area (Å²) in [5.74, 6) is 0.326. The first-order valence-corrected chi connectivity index (χ1v) is 11.7. The Kier molecular flexibility index (Phi) is 9.79. The first kappa shape index (κ1) is 23.5. The molecular formula is C24H35FN2OS. The molecule has 1 aromatic rings. The van der Waals surface area contributed by atoms with E-state index < -0.39 is 0 Å². The van der Waals surface area contributed by atoms with Crippen molar-refractivity contribution in [3.05, 3.63) is 53.5 Å². The highest BCUT2D eigenvalue weighted by Gasteiger charge is 2.25. The summed E-state index contributed by atoms with van der Waals surface area (Å²) in [6, 6.07) is 6.88. The molecule has 1 aromatic carbocycles. The molecule has 1 aliphatic rings. The van der Waals surface area contributed by atoms with Gasteiger partial charge < -0.3 is 4.74 Å². The topological polar surface area (TPSA) is 24.8 Å². The Labute approximate surface area is 180 Å². The second-order valence-corrected chi connectivity index (χ2v) is 8.63. The monoisotopic (exact) mass is 418 g/mol. The average molecular weight is 419 g/mol. The van der Waals surface area contributed by atoms with Gasteiger partial charge in [0.2, 0.25) is 0 Å². The van der Waals surface area contributed by atoms with E-state index >= 15 is 0 Å². The van der Waals surface area contributed by atoms with E-state index in [2.05, 4.69) is 39.4 Å². The van der Waals surface area contributed by atoms with Gasteiger partial charge in [-0.25, -0.2) is 9.40 Å². The third kappa shape index (κ3) is 6.91. The second kappa shape index (κ2) is 12.1. The lowest BCUT2D eigenvalue weighted by Crippen LogP contribution is -2.22. The van der Waals surface area contributed by atoms with Crippen molar-refractivity contribution < 1.29 is 9.13 Å². The lowest BCUT2D eigenvalue weighted by molar-refractivity contribution is 0.128. The summed E-state index contributed by atoms with van der Waals surface area (Å²) in [6.07, 6.45) is 9.63. The largest absolute Gasteiger partial charge is 0.468 e. The maximum Gasteiger partial charge on any atom is 0.274 e. The molecule has 0 aromatic heterocycles. The predicted octanol–water partition coefficient (Wildman–Crippen LogP) is 7.77. The fraction of sp³-hybridized carbons (Fsp3) is 0.542. The van der Waals surface area contributed by atoms with Gasteiger partial charge in [0.05, 0.1) is 5.03 Å². The molecule has 5 heteroatoms. The summed E-state index contributed by atoms with van der Waals surface area (Å²) < 4.78 is 20.5. The highest BCUT2D eigenvalue weighted by atomic mass is 32.2. The summed E-state index contributed by atoms with van der Waals surface area (Å²) in [4.78, 5) is 0. The minimum atomic E-state index is -0.211. The third-order valence-electron chi connectivity index (χ3n) is 5.21. The number of allylic oxidation sites excluding steroid dienone is 1. The SMILES string of the molecule is C=C1SC(OC(C)C(CCC)CCCC)=NN1/C=C(\CCC)c1ccccc1F. The number of unbranched alkanes of at least 4 members (excludes halogenated alkanes) is 1. The molecule has 2 rings (SSSR count). The predicted molar refractivity (Wildman–Crippen MR) is 124 cm³/mol. The van der Waals surface area contributed by atoms with Crippen molar-refractivity contribution in [2.45, 2.75) is 78.7 Å². The molecule has 0 saturated carbocycles. The Hall–Kier alpha value is -1.75. The molecule has 1 aliphatic heterocycles. The quantitative estimate of drug-likeness (QED) is 0.367. The van der Waals surface area contributed by atoms with Crippen LogP contribution in [0.1, 0.15) is 78.2 Å². The van der Waals surface area contributed by atoms with Gasteiger partial charge in [-0.2, -0.15) is 0 Å². The number of hydrazone groups is 1. The van der Waals surface area contributed by atoms with E-state index in [4.69, 9.17) is 4.74 Å². The van der Waals surface area contributed by atoms with Gasteiger partial charge in [-0.15, -0.1) is 5.10 Å². The van der Waals surface area contributed by atoms with Crippen LogP contribution >= 0.6 is 11.8 Å². The molecule has 2 atom stereocenters. The van der Waals surface area contributed by atoms with Crippen LogP contribution in [0.4, 0.5) is 4.39 Å². The van der Waals surface area contributed by atoms with E-state index in [1.165, 1.54) is 37.1 Å². The molecule has 0 bridgehead atoms. The summed E-state index contributed by atoms with van der Waals surface area (Å²) >= 11 is 1.44. The highest BCUT2D eigenvalue weighted by Crippen LogP contribution is 2.34. The molecule has 0 radical (unpaired) electrons. The van der Waals surface area contributed by atoms with Crippen LogP contribution in [0.5, 0.6) is 0 Å². The zero-order valence-corrected chi connectivity index (χ0v) is 19.1. The molecule has 0 spiro atoms. The van der Waals surface area contributed by atoms with Crippen molar-refractivity contribution in [2.24, 2.45) is 11.0 Å². The van der Waals surface area contributed by atoms with E-state index in [0.29, 0.717) is 16.7 Å². The molecule has 3 nitrogen and oxygen atoms in total. The van der Waals surface area contributed by atoms with Crippen molar-refractivity contribution in [1.82, 2.24) is 5.01 Å². The van der Waals surface area contributed by atoms with Crippen molar-refractivity contribution in [2.75, 3.05) is 0 Å². The molecular weight excluding hydrogens is 383 g/mol. The Morgan fingerprint density at radius 2 is 1.97 bits per heavy atom. The third-order valence-corrected chi connectivity index (χ3v) is 5.98. The minimum absolute atomic E-state index is 0.117. The van der Waals surface area contributed by atoms with Gasteiger partial charge >= 0.3 is 0 Å². The lowest BCUT2D eigenvalue weighted by Gasteiger charge is -2.23. The van der Waals surface area contributed by atoms with Gasteiger partial charge in [-0.1, -0.05) is 71.2 Å². The number of ether oxygens (including phenoxy) is 1. The number of thioether (sulfide) groups is 1. The molecule has 29 heavy (non-hydrogen) atoms. The normalized spacial score (nSPS) is 16.7. The maximum absolute atomic E-state index is 14.3. The summed E-state index contributed by atoms with van der Waals surface area (Å²) in [7, 11) is 0. The van der Waals surface area contributed by atoms with Gasteiger partial charge in [0.25, 0.3) is 5.23 Å². The molecule has 0 amide bonds. The van der Waals surface area contributed by atoms with Crippen LogP contribution in [0, 0.1) is 11.7 Å². The number of hydrogen-bond acceptors (Lipinski definition) is 4. The highest BCUT2D eigenvalue weighted by molar-refractivity contribution is 8.17. The Bertz CT molecular complexity index is 731. The minimum Gasteiger partial charge on any atom is -0.468 e. The first-order valence-electron chi connectivity index (χ1n) is 10.9.